The summed E-state index contributed by atoms with van der Waals surface area (Å²) in [5.41, 5.74) is 4.32. The maximum atomic E-state index is 5.99. The van der Waals surface area contributed by atoms with Crippen LogP contribution in [0.1, 0.15) is 5.56 Å². The van der Waals surface area contributed by atoms with Crippen LogP contribution in [0.25, 0.3) is 33.2 Å². The molecule has 0 saturated heterocycles. The number of hydrogen-bond acceptors (Lipinski definition) is 4. The molecule has 0 aliphatic rings. The van der Waals surface area contributed by atoms with E-state index in [4.69, 9.17) is 16.3 Å². The molecule has 0 aliphatic heterocycles. The van der Waals surface area contributed by atoms with Gasteiger partial charge in [-0.25, -0.2) is 9.97 Å². The molecule has 6 heteroatoms. The Hall–Kier alpha value is -2.66. The van der Waals surface area contributed by atoms with Crippen molar-refractivity contribution in [3.63, 3.8) is 0 Å². The van der Waals surface area contributed by atoms with Crippen molar-refractivity contribution >= 4 is 33.5 Å². The second kappa shape index (κ2) is 5.46. The fourth-order valence-electron chi connectivity index (χ4n) is 3.02. The minimum atomic E-state index is 0.599. The third-order valence-corrected chi connectivity index (χ3v) is 4.29. The molecule has 0 spiro atoms. The lowest BCUT2D eigenvalue weighted by Gasteiger charge is -2.12. The van der Waals surface area contributed by atoms with Crippen LogP contribution < -0.4 is 4.74 Å². The zero-order valence-corrected chi connectivity index (χ0v) is 14.3. The third-order valence-electron chi connectivity index (χ3n) is 4.09. The number of hydrogen-bond donors (Lipinski definition) is 0. The Morgan fingerprint density at radius 3 is 2.79 bits per heavy atom. The van der Waals surface area contributed by atoms with Crippen molar-refractivity contribution in [1.29, 1.82) is 0 Å². The van der Waals surface area contributed by atoms with Gasteiger partial charge in [0.25, 0.3) is 0 Å². The monoisotopic (exact) mass is 338 g/mol. The standard InChI is InChI=1S/C18H15ClN4O/c1-10-16-12(9-23(2)22-16)7-14(17(10)24-3)15-5-4-11-6-13(19)8-20-18(11)21-15/h4-9H,1-3H3. The summed E-state index contributed by atoms with van der Waals surface area (Å²) in [5.74, 6) is 0.780. The average Bonchev–Trinajstić information content (AvgIpc) is 2.95. The van der Waals surface area contributed by atoms with Crippen LogP contribution in [0, 0.1) is 6.92 Å². The van der Waals surface area contributed by atoms with Crippen LogP contribution in [-0.4, -0.2) is 26.9 Å². The van der Waals surface area contributed by atoms with Crippen LogP contribution in [0.2, 0.25) is 5.02 Å². The lowest BCUT2D eigenvalue weighted by molar-refractivity contribution is 0.414. The summed E-state index contributed by atoms with van der Waals surface area (Å²) < 4.78 is 7.45. The van der Waals surface area contributed by atoms with E-state index in [1.165, 1.54) is 0 Å². The third kappa shape index (κ3) is 2.29. The van der Waals surface area contributed by atoms with Gasteiger partial charge in [-0.15, -0.1) is 0 Å². The van der Waals surface area contributed by atoms with Gasteiger partial charge < -0.3 is 4.74 Å². The van der Waals surface area contributed by atoms with Gasteiger partial charge in [-0.3, -0.25) is 4.68 Å². The number of aryl methyl sites for hydroxylation is 2. The fraction of sp³-hybridized carbons (Fsp3) is 0.167. The molecule has 5 nitrogen and oxygen atoms in total. The van der Waals surface area contributed by atoms with Gasteiger partial charge in [0, 0.05) is 41.3 Å². The van der Waals surface area contributed by atoms with Crippen LogP contribution in [-0.2, 0) is 7.05 Å². The summed E-state index contributed by atoms with van der Waals surface area (Å²) in [6, 6.07) is 7.84. The van der Waals surface area contributed by atoms with Crippen molar-refractivity contribution in [3.05, 3.63) is 47.2 Å². The molecule has 24 heavy (non-hydrogen) atoms. The molecule has 3 heterocycles. The first-order valence-corrected chi connectivity index (χ1v) is 7.88. The maximum absolute atomic E-state index is 5.99. The fourth-order valence-corrected chi connectivity index (χ4v) is 3.19. The van der Waals surface area contributed by atoms with E-state index in [-0.39, 0.29) is 0 Å². The highest BCUT2D eigenvalue weighted by atomic mass is 35.5. The highest BCUT2D eigenvalue weighted by molar-refractivity contribution is 6.31. The van der Waals surface area contributed by atoms with Crippen molar-refractivity contribution < 1.29 is 4.74 Å². The van der Waals surface area contributed by atoms with Crippen molar-refractivity contribution in [2.24, 2.45) is 7.05 Å². The van der Waals surface area contributed by atoms with E-state index in [0.29, 0.717) is 10.7 Å². The Morgan fingerprint density at radius 2 is 2.00 bits per heavy atom. The quantitative estimate of drug-likeness (QED) is 0.551. The van der Waals surface area contributed by atoms with Gasteiger partial charge in [-0.05, 0) is 31.2 Å². The molecule has 0 saturated carbocycles. The molecule has 120 valence electrons. The normalized spacial score (nSPS) is 11.3. The van der Waals surface area contributed by atoms with E-state index >= 15 is 0 Å². The zero-order valence-electron chi connectivity index (χ0n) is 13.5. The minimum Gasteiger partial charge on any atom is -0.496 e. The molecule has 0 amide bonds. The van der Waals surface area contributed by atoms with E-state index in [0.717, 1.165) is 38.9 Å². The SMILES string of the molecule is COc1c(-c2ccc3cc(Cl)cnc3n2)cc2cn(C)nc2c1C. The van der Waals surface area contributed by atoms with E-state index in [9.17, 15) is 0 Å². The van der Waals surface area contributed by atoms with Crippen molar-refractivity contribution in [3.8, 4) is 17.0 Å². The van der Waals surface area contributed by atoms with Gasteiger partial charge in [0.1, 0.15) is 5.75 Å². The smallest absolute Gasteiger partial charge is 0.159 e. The van der Waals surface area contributed by atoms with Gasteiger partial charge in [0.05, 0.1) is 23.3 Å². The number of benzene rings is 1. The first-order valence-electron chi connectivity index (χ1n) is 7.50. The molecule has 1 aromatic carbocycles. The summed E-state index contributed by atoms with van der Waals surface area (Å²) in [4.78, 5) is 8.98. The Bertz CT molecular complexity index is 1090. The van der Waals surface area contributed by atoms with Gasteiger partial charge in [-0.2, -0.15) is 5.10 Å². The molecular weight excluding hydrogens is 324 g/mol. The van der Waals surface area contributed by atoms with Crippen LogP contribution >= 0.6 is 11.6 Å². The summed E-state index contributed by atoms with van der Waals surface area (Å²) >= 11 is 5.99. The van der Waals surface area contributed by atoms with E-state index in [2.05, 4.69) is 21.1 Å². The Morgan fingerprint density at radius 1 is 1.17 bits per heavy atom. The van der Waals surface area contributed by atoms with Crippen molar-refractivity contribution in [1.82, 2.24) is 19.7 Å². The minimum absolute atomic E-state index is 0.599. The first kappa shape index (κ1) is 14.9. The lowest BCUT2D eigenvalue weighted by Crippen LogP contribution is -1.95. The summed E-state index contributed by atoms with van der Waals surface area (Å²) in [6.07, 6.45) is 3.60. The molecule has 0 radical (unpaired) electrons. The topological polar surface area (TPSA) is 52.8 Å². The zero-order chi connectivity index (χ0) is 16.8. The van der Waals surface area contributed by atoms with Gasteiger partial charge >= 0.3 is 0 Å². The molecule has 0 aliphatic carbocycles. The highest BCUT2D eigenvalue weighted by Gasteiger charge is 2.16. The highest BCUT2D eigenvalue weighted by Crippen LogP contribution is 2.37. The number of halogens is 1. The predicted octanol–water partition coefficient (Wildman–Crippen LogP) is 4.15. The Balaban J connectivity index is 1.99. The van der Waals surface area contributed by atoms with Crippen LogP contribution in [0.3, 0.4) is 0 Å². The molecule has 0 atom stereocenters. The molecule has 4 rings (SSSR count). The average molecular weight is 339 g/mol. The second-order valence-corrected chi connectivity index (χ2v) is 6.16. The number of nitrogens with zero attached hydrogens (tertiary/aromatic N) is 4. The molecule has 0 bridgehead atoms. The molecule has 3 aromatic heterocycles. The number of ether oxygens (including phenoxy) is 1. The second-order valence-electron chi connectivity index (χ2n) is 5.72. The lowest BCUT2D eigenvalue weighted by atomic mass is 10.0. The maximum Gasteiger partial charge on any atom is 0.159 e. The van der Waals surface area contributed by atoms with Crippen LogP contribution in [0.15, 0.2) is 36.7 Å². The van der Waals surface area contributed by atoms with Gasteiger partial charge in [0.2, 0.25) is 0 Å². The molecule has 4 aromatic rings. The largest absolute Gasteiger partial charge is 0.496 e. The Labute approximate surface area is 143 Å². The molecular formula is C18H15ClN4O. The number of aromatic nitrogens is 4. The molecule has 0 fully saturated rings. The number of fused-ring (bicyclic) bond motifs is 2. The summed E-state index contributed by atoms with van der Waals surface area (Å²) in [6.45, 7) is 2.01. The number of methoxy groups -OCH3 is 1. The van der Waals surface area contributed by atoms with Crippen molar-refractivity contribution in [2.45, 2.75) is 6.92 Å². The number of pyridine rings is 2. The summed E-state index contributed by atoms with van der Waals surface area (Å²) in [7, 11) is 3.58. The predicted molar refractivity (Wildman–Crippen MR) is 95.5 cm³/mol. The van der Waals surface area contributed by atoms with Crippen molar-refractivity contribution in [2.75, 3.05) is 7.11 Å². The van der Waals surface area contributed by atoms with E-state index in [1.54, 1.807) is 18.0 Å². The molecule has 0 N–H and O–H groups in total. The molecule has 0 unspecified atom stereocenters. The summed E-state index contributed by atoms with van der Waals surface area (Å²) in [5, 5.41) is 7.06. The van der Waals surface area contributed by atoms with E-state index in [1.807, 2.05) is 38.4 Å². The van der Waals surface area contributed by atoms with Gasteiger partial charge in [-0.1, -0.05) is 11.6 Å². The van der Waals surface area contributed by atoms with Crippen LogP contribution in [0.5, 0.6) is 5.75 Å². The van der Waals surface area contributed by atoms with E-state index < -0.39 is 0 Å². The van der Waals surface area contributed by atoms with Gasteiger partial charge in [0.15, 0.2) is 5.65 Å². The Kier molecular flexibility index (Phi) is 3.39. The number of rotatable bonds is 2. The van der Waals surface area contributed by atoms with Crippen LogP contribution in [0.4, 0.5) is 0 Å². The first-order chi connectivity index (χ1) is 11.6.